The van der Waals surface area contributed by atoms with Crippen LogP contribution in [0.3, 0.4) is 0 Å². The van der Waals surface area contributed by atoms with Crippen LogP contribution < -0.4 is 9.47 Å². The molecule has 1 fully saturated rings. The van der Waals surface area contributed by atoms with Crippen LogP contribution in [-0.4, -0.2) is 43.4 Å². The number of rotatable bonds is 13. The van der Waals surface area contributed by atoms with Gasteiger partial charge < -0.3 is 24.1 Å². The molecule has 3 aromatic carbocycles. The van der Waals surface area contributed by atoms with Crippen LogP contribution in [0.25, 0.3) is 0 Å². The van der Waals surface area contributed by atoms with Gasteiger partial charge in [0.15, 0.2) is 5.79 Å². The normalized spacial score (nSPS) is 16.6. The van der Waals surface area contributed by atoms with Gasteiger partial charge in [-0.2, -0.15) is 0 Å². The summed E-state index contributed by atoms with van der Waals surface area (Å²) in [6.45, 7) is 16.7. The van der Waals surface area contributed by atoms with Crippen molar-refractivity contribution in [1.29, 1.82) is 0 Å². The second kappa shape index (κ2) is 11.7. The Morgan fingerprint density at radius 1 is 0.692 bits per heavy atom. The SMILES string of the molecule is CC(COc1ccc(C(C)(C)c2ccc(C(C)(C)c3ccc(OCC4CO4)cc3)cc2)cc1)COC(C)(C)O. The average Bonchev–Trinajstić information content (AvgIpc) is 3.74. The van der Waals surface area contributed by atoms with Crippen molar-refractivity contribution in [3.05, 3.63) is 95.1 Å². The topological polar surface area (TPSA) is 60.5 Å². The van der Waals surface area contributed by atoms with Crippen molar-refractivity contribution in [2.45, 2.75) is 71.2 Å². The molecule has 1 aliphatic heterocycles. The number of benzene rings is 3. The third kappa shape index (κ3) is 7.84. The lowest BCUT2D eigenvalue weighted by Gasteiger charge is -2.30. The summed E-state index contributed by atoms with van der Waals surface area (Å²) in [5.41, 5.74) is 4.73. The summed E-state index contributed by atoms with van der Waals surface area (Å²) in [5, 5.41) is 9.73. The van der Waals surface area contributed by atoms with Gasteiger partial charge in [-0.05, 0) is 60.4 Å². The van der Waals surface area contributed by atoms with Crippen molar-refractivity contribution in [2.24, 2.45) is 5.92 Å². The zero-order chi connectivity index (χ0) is 28.3. The van der Waals surface area contributed by atoms with E-state index in [2.05, 4.69) is 88.4 Å². The molecule has 1 saturated heterocycles. The maximum Gasteiger partial charge on any atom is 0.159 e. The fourth-order valence-corrected chi connectivity index (χ4v) is 4.56. The highest BCUT2D eigenvalue weighted by Crippen LogP contribution is 2.36. The number of ether oxygens (including phenoxy) is 4. The molecule has 0 saturated carbocycles. The summed E-state index contributed by atoms with van der Waals surface area (Å²) < 4.78 is 22.4. The fraction of sp³-hybridized carbons (Fsp3) is 0.471. The Morgan fingerprint density at radius 2 is 1.08 bits per heavy atom. The van der Waals surface area contributed by atoms with E-state index in [1.54, 1.807) is 13.8 Å². The lowest BCUT2D eigenvalue weighted by atomic mass is 9.74. The molecule has 210 valence electrons. The Balaban J connectivity index is 1.37. The van der Waals surface area contributed by atoms with Crippen LogP contribution in [0, 0.1) is 5.92 Å². The first kappa shape index (κ1) is 29.1. The van der Waals surface area contributed by atoms with E-state index in [9.17, 15) is 5.11 Å². The predicted octanol–water partition coefficient (Wildman–Crippen LogP) is 6.88. The van der Waals surface area contributed by atoms with Gasteiger partial charge in [0.05, 0.1) is 19.8 Å². The van der Waals surface area contributed by atoms with Crippen LogP contribution >= 0.6 is 0 Å². The van der Waals surface area contributed by atoms with Gasteiger partial charge in [0.2, 0.25) is 0 Å². The third-order valence-electron chi connectivity index (χ3n) is 7.57. The van der Waals surface area contributed by atoms with E-state index in [-0.39, 0.29) is 22.9 Å². The summed E-state index contributed by atoms with van der Waals surface area (Å²) in [7, 11) is 0. The zero-order valence-corrected chi connectivity index (χ0v) is 24.5. The molecule has 1 heterocycles. The molecule has 5 nitrogen and oxygen atoms in total. The molecule has 0 amide bonds. The highest BCUT2D eigenvalue weighted by molar-refractivity contribution is 5.45. The number of epoxide rings is 1. The Bertz CT molecular complexity index is 1180. The first-order valence-electron chi connectivity index (χ1n) is 13.9. The maximum absolute atomic E-state index is 9.73. The minimum absolute atomic E-state index is 0.130. The summed E-state index contributed by atoms with van der Waals surface area (Å²) in [5.74, 6) is 0.762. The maximum atomic E-state index is 9.73. The van der Waals surface area contributed by atoms with Crippen molar-refractivity contribution in [3.63, 3.8) is 0 Å². The average molecular weight is 533 g/mol. The zero-order valence-electron chi connectivity index (χ0n) is 24.5. The smallest absolute Gasteiger partial charge is 0.159 e. The first-order chi connectivity index (χ1) is 18.3. The van der Waals surface area contributed by atoms with E-state index in [1.165, 1.54) is 22.3 Å². The Hall–Kier alpha value is -2.86. The summed E-state index contributed by atoms with van der Waals surface area (Å²) in [6.07, 6.45) is 0.260. The second-order valence-corrected chi connectivity index (χ2v) is 12.3. The minimum Gasteiger partial charge on any atom is -0.493 e. The molecule has 1 N–H and O–H groups in total. The molecular formula is C34H44O5. The number of hydrogen-bond donors (Lipinski definition) is 1. The van der Waals surface area contributed by atoms with Crippen LogP contribution in [0.4, 0.5) is 0 Å². The van der Waals surface area contributed by atoms with E-state index in [1.807, 2.05) is 19.1 Å². The molecule has 2 atom stereocenters. The van der Waals surface area contributed by atoms with E-state index in [0.29, 0.717) is 19.8 Å². The first-order valence-corrected chi connectivity index (χ1v) is 13.9. The van der Waals surface area contributed by atoms with Gasteiger partial charge in [0, 0.05) is 16.7 Å². The van der Waals surface area contributed by atoms with E-state index in [0.717, 1.165) is 18.1 Å². The molecule has 0 bridgehead atoms. The Labute approximate surface area is 234 Å². The summed E-state index contributed by atoms with van der Waals surface area (Å²) in [6, 6.07) is 25.8. The van der Waals surface area contributed by atoms with Crippen LogP contribution in [-0.2, 0) is 20.3 Å². The molecule has 5 heteroatoms. The van der Waals surface area contributed by atoms with Gasteiger partial charge in [0.1, 0.15) is 24.2 Å². The van der Waals surface area contributed by atoms with E-state index in [4.69, 9.17) is 18.9 Å². The highest BCUT2D eigenvalue weighted by atomic mass is 16.6. The van der Waals surface area contributed by atoms with Crippen molar-refractivity contribution in [3.8, 4) is 11.5 Å². The molecule has 4 rings (SSSR count). The van der Waals surface area contributed by atoms with Crippen LogP contribution in [0.5, 0.6) is 11.5 Å². The standard InChI is InChI=1S/C34H44O5/c1-24(21-39-34(6,7)35)20-36-29-16-12-27(13-17-29)32(2,3)25-8-10-26(11-9-25)33(4,5)28-14-18-30(19-15-28)37-22-31-23-38-31/h8-19,24,31,35H,20-23H2,1-7H3. The van der Waals surface area contributed by atoms with E-state index < -0.39 is 5.79 Å². The predicted molar refractivity (Wildman–Crippen MR) is 156 cm³/mol. The third-order valence-corrected chi connectivity index (χ3v) is 7.57. The minimum atomic E-state index is -1.12. The lowest BCUT2D eigenvalue weighted by Crippen LogP contribution is -2.27. The van der Waals surface area contributed by atoms with Gasteiger partial charge >= 0.3 is 0 Å². The van der Waals surface area contributed by atoms with Gasteiger partial charge in [-0.1, -0.05) is 83.1 Å². The quantitative estimate of drug-likeness (QED) is 0.192. The fourth-order valence-electron chi connectivity index (χ4n) is 4.56. The summed E-state index contributed by atoms with van der Waals surface area (Å²) in [4.78, 5) is 0. The molecule has 0 aliphatic carbocycles. The van der Waals surface area contributed by atoms with Gasteiger partial charge in [-0.15, -0.1) is 0 Å². The number of hydrogen-bond acceptors (Lipinski definition) is 5. The van der Waals surface area contributed by atoms with Crippen LogP contribution in [0.2, 0.25) is 0 Å². The molecule has 0 aromatic heterocycles. The van der Waals surface area contributed by atoms with Crippen molar-refractivity contribution < 1.29 is 24.1 Å². The molecule has 2 unspecified atom stereocenters. The van der Waals surface area contributed by atoms with Crippen molar-refractivity contribution in [2.75, 3.05) is 26.4 Å². The van der Waals surface area contributed by atoms with Gasteiger partial charge in [-0.3, -0.25) is 0 Å². The second-order valence-electron chi connectivity index (χ2n) is 12.3. The monoisotopic (exact) mass is 532 g/mol. The van der Waals surface area contributed by atoms with Gasteiger partial charge in [0.25, 0.3) is 0 Å². The molecule has 0 radical (unpaired) electrons. The molecule has 1 aliphatic rings. The highest BCUT2D eigenvalue weighted by Gasteiger charge is 2.27. The summed E-state index contributed by atoms with van der Waals surface area (Å²) >= 11 is 0. The van der Waals surface area contributed by atoms with Crippen molar-refractivity contribution in [1.82, 2.24) is 0 Å². The Kier molecular flexibility index (Phi) is 8.75. The lowest BCUT2D eigenvalue weighted by molar-refractivity contribution is -0.183. The van der Waals surface area contributed by atoms with E-state index >= 15 is 0 Å². The van der Waals surface area contributed by atoms with Gasteiger partial charge in [-0.25, -0.2) is 0 Å². The van der Waals surface area contributed by atoms with Crippen molar-refractivity contribution >= 4 is 0 Å². The Morgan fingerprint density at radius 3 is 1.46 bits per heavy atom. The van der Waals surface area contributed by atoms with Crippen LogP contribution in [0.15, 0.2) is 72.8 Å². The largest absolute Gasteiger partial charge is 0.493 e. The molecule has 0 spiro atoms. The molecule has 39 heavy (non-hydrogen) atoms. The number of aliphatic hydroxyl groups is 1. The molecule has 3 aromatic rings. The van der Waals surface area contributed by atoms with Crippen LogP contribution in [0.1, 0.15) is 70.7 Å². The molecular weight excluding hydrogens is 488 g/mol.